The van der Waals surface area contributed by atoms with Crippen molar-refractivity contribution in [2.45, 2.75) is 89.9 Å². The first-order valence-electron chi connectivity index (χ1n) is 17.2. The number of hydrogen-bond acceptors (Lipinski definition) is 1. The number of aryl methyl sites for hydroxylation is 2. The number of terminal acetylenes is 1. The van der Waals surface area contributed by atoms with Gasteiger partial charge < -0.3 is 0 Å². The Morgan fingerprint density at radius 1 is 0.864 bits per heavy atom. The fourth-order valence-corrected chi connectivity index (χ4v) is 7.84. The van der Waals surface area contributed by atoms with Gasteiger partial charge in [0.1, 0.15) is 5.78 Å². The van der Waals surface area contributed by atoms with Gasteiger partial charge in [0.05, 0.1) is 0 Å². The average Bonchev–Trinajstić information content (AvgIpc) is 3.47. The Morgan fingerprint density at radius 3 is 2.30 bits per heavy atom. The van der Waals surface area contributed by atoms with E-state index >= 15 is 0 Å². The summed E-state index contributed by atoms with van der Waals surface area (Å²) < 4.78 is 0. The van der Waals surface area contributed by atoms with E-state index < -0.39 is 0 Å². The highest BCUT2D eigenvalue weighted by Gasteiger charge is 2.33. The van der Waals surface area contributed by atoms with Gasteiger partial charge in [0.15, 0.2) is 0 Å². The van der Waals surface area contributed by atoms with Crippen LogP contribution in [-0.4, -0.2) is 5.78 Å². The quantitative estimate of drug-likeness (QED) is 0.195. The lowest BCUT2D eigenvalue weighted by atomic mass is 9.70. The Hall–Kier alpha value is -3.63. The summed E-state index contributed by atoms with van der Waals surface area (Å²) in [7, 11) is 0. The van der Waals surface area contributed by atoms with E-state index in [0.29, 0.717) is 30.0 Å². The molecule has 226 valence electrons. The van der Waals surface area contributed by atoms with E-state index in [9.17, 15) is 4.79 Å². The zero-order valence-corrected chi connectivity index (χ0v) is 26.5. The van der Waals surface area contributed by atoms with Gasteiger partial charge in [0.2, 0.25) is 0 Å². The lowest BCUT2D eigenvalue weighted by Crippen LogP contribution is -2.27. The van der Waals surface area contributed by atoms with Crippen molar-refractivity contribution < 1.29 is 4.79 Å². The van der Waals surface area contributed by atoms with Crippen molar-refractivity contribution >= 4 is 11.4 Å². The van der Waals surface area contributed by atoms with Crippen LogP contribution in [0.1, 0.15) is 104 Å². The summed E-state index contributed by atoms with van der Waals surface area (Å²) in [6, 6.07) is 26.3. The number of ketones is 1. The minimum Gasteiger partial charge on any atom is -0.299 e. The molecule has 0 aromatic heterocycles. The van der Waals surface area contributed by atoms with Crippen LogP contribution < -0.4 is 0 Å². The zero-order chi connectivity index (χ0) is 30.3. The summed E-state index contributed by atoms with van der Waals surface area (Å²) in [5, 5.41) is 0. The van der Waals surface area contributed by atoms with Crippen LogP contribution >= 0.6 is 0 Å². The summed E-state index contributed by atoms with van der Waals surface area (Å²) in [6.45, 7) is 2.22. The van der Waals surface area contributed by atoms with Gasteiger partial charge in [0, 0.05) is 17.9 Å². The monoisotopic (exact) mass is 580 g/mol. The van der Waals surface area contributed by atoms with E-state index in [0.717, 1.165) is 43.6 Å². The maximum absolute atomic E-state index is 14.0. The number of rotatable bonds is 12. The number of carbonyl (C=O) groups excluding carboxylic acids is 1. The second-order valence-corrected chi connectivity index (χ2v) is 13.8. The van der Waals surface area contributed by atoms with Gasteiger partial charge in [-0.3, -0.25) is 4.79 Å². The first-order valence-corrected chi connectivity index (χ1v) is 17.2. The van der Waals surface area contributed by atoms with Gasteiger partial charge in [-0.05, 0) is 114 Å². The molecule has 0 amide bonds. The zero-order valence-electron chi connectivity index (χ0n) is 26.5. The predicted molar refractivity (Wildman–Crippen MR) is 184 cm³/mol. The number of carbonyl (C=O) groups is 1. The number of allylic oxidation sites excluding steroid dienone is 4. The van der Waals surface area contributed by atoms with Crippen molar-refractivity contribution in [1.29, 1.82) is 0 Å². The molecule has 0 saturated heterocycles. The van der Waals surface area contributed by atoms with Crippen LogP contribution in [0.2, 0.25) is 0 Å². The van der Waals surface area contributed by atoms with Gasteiger partial charge in [-0.1, -0.05) is 117 Å². The van der Waals surface area contributed by atoms with Crippen LogP contribution in [-0.2, 0) is 24.1 Å². The van der Waals surface area contributed by atoms with E-state index in [2.05, 4.69) is 97.8 Å². The Morgan fingerprint density at radius 2 is 1.64 bits per heavy atom. The Balaban J connectivity index is 1.12. The molecule has 1 heteroatoms. The van der Waals surface area contributed by atoms with Gasteiger partial charge in [-0.2, -0.15) is 0 Å². The topological polar surface area (TPSA) is 17.1 Å². The third-order valence-electron chi connectivity index (χ3n) is 10.7. The van der Waals surface area contributed by atoms with Crippen LogP contribution in [0, 0.1) is 36.0 Å². The molecule has 0 radical (unpaired) electrons. The molecule has 3 aliphatic carbocycles. The van der Waals surface area contributed by atoms with Crippen molar-refractivity contribution in [3.05, 3.63) is 124 Å². The predicted octanol–water partition coefficient (Wildman–Crippen LogP) is 10.3. The molecule has 6 rings (SSSR count). The van der Waals surface area contributed by atoms with E-state index in [1.807, 2.05) is 6.07 Å². The lowest BCUT2D eigenvalue weighted by molar-refractivity contribution is -0.122. The summed E-state index contributed by atoms with van der Waals surface area (Å²) in [4.78, 5) is 14.0. The van der Waals surface area contributed by atoms with Crippen LogP contribution in [0.15, 0.2) is 91.0 Å². The molecule has 2 fully saturated rings. The van der Waals surface area contributed by atoms with Crippen molar-refractivity contribution in [3.63, 3.8) is 0 Å². The normalized spacial score (nSPS) is 22.2. The number of benzene rings is 3. The molecule has 2 unspecified atom stereocenters. The van der Waals surface area contributed by atoms with Crippen molar-refractivity contribution in [1.82, 2.24) is 0 Å². The average molecular weight is 581 g/mol. The fourth-order valence-electron chi connectivity index (χ4n) is 7.84. The second-order valence-electron chi connectivity index (χ2n) is 13.8. The molecule has 0 aliphatic heterocycles. The van der Waals surface area contributed by atoms with E-state index in [1.165, 1.54) is 71.9 Å². The molecule has 3 aromatic rings. The van der Waals surface area contributed by atoms with Crippen LogP contribution in [0.3, 0.4) is 0 Å². The fraction of sp³-hybridized carbons (Fsp3) is 0.419. The Labute approximate surface area is 265 Å². The Kier molecular flexibility index (Phi) is 9.97. The van der Waals surface area contributed by atoms with E-state index in [1.54, 1.807) is 0 Å². The van der Waals surface area contributed by atoms with Crippen LogP contribution in [0.25, 0.3) is 5.57 Å². The smallest absolute Gasteiger partial charge is 0.140 e. The molecular weight excluding hydrogens is 532 g/mol. The van der Waals surface area contributed by atoms with Gasteiger partial charge >= 0.3 is 0 Å². The highest BCUT2D eigenvalue weighted by atomic mass is 16.1. The Bertz CT molecular complexity index is 1500. The third-order valence-corrected chi connectivity index (χ3v) is 10.7. The molecule has 0 bridgehead atoms. The molecule has 44 heavy (non-hydrogen) atoms. The maximum Gasteiger partial charge on any atom is 0.140 e. The van der Waals surface area contributed by atoms with Crippen molar-refractivity contribution in [2.75, 3.05) is 0 Å². The first kappa shape index (κ1) is 30.4. The largest absolute Gasteiger partial charge is 0.299 e. The second kappa shape index (κ2) is 14.4. The standard InChI is InChI=1S/C43H48O/c1-3-36-19-16-35(30-41(36)22-13-33-10-7-11-33)29-34-14-20-38(21-15-34)43(42(44)27-17-32-8-5-4-6-9-32)39-25-23-37(24-26-39)40-18-12-31(2)28-40/h1,4-6,8-9,12,16,18-19,23-26,28,30-31,33-34,38,43H,7,10-11,13-15,17,20-22,27,29H2,2H3. The van der Waals surface area contributed by atoms with Crippen LogP contribution in [0.5, 0.6) is 0 Å². The molecule has 0 N–H and O–H groups in total. The van der Waals surface area contributed by atoms with Gasteiger partial charge in [-0.15, -0.1) is 6.42 Å². The summed E-state index contributed by atoms with van der Waals surface area (Å²) in [5.74, 6) is 5.79. The first-order chi connectivity index (χ1) is 21.6. The molecule has 3 aromatic carbocycles. The molecule has 2 saturated carbocycles. The molecular formula is C43H48O. The molecule has 2 atom stereocenters. The SMILES string of the molecule is C#Cc1ccc(CC2CCC(C(C(=O)CCc3ccccc3)c3ccc(C4=CC(C)C=C4)cc3)CC2)cc1CCC1CCC1. The molecule has 0 spiro atoms. The molecule has 0 heterocycles. The van der Waals surface area contributed by atoms with Crippen molar-refractivity contribution in [2.24, 2.45) is 23.7 Å². The summed E-state index contributed by atoms with van der Waals surface area (Å²) >= 11 is 0. The minimum absolute atomic E-state index is 0.0197. The van der Waals surface area contributed by atoms with Gasteiger partial charge in [0.25, 0.3) is 0 Å². The minimum atomic E-state index is -0.0197. The number of hydrogen-bond donors (Lipinski definition) is 0. The van der Waals surface area contributed by atoms with Crippen molar-refractivity contribution in [3.8, 4) is 12.3 Å². The van der Waals surface area contributed by atoms with E-state index in [4.69, 9.17) is 6.42 Å². The third kappa shape index (κ3) is 7.53. The lowest BCUT2D eigenvalue weighted by Gasteiger charge is -2.34. The highest BCUT2D eigenvalue weighted by molar-refractivity contribution is 5.86. The van der Waals surface area contributed by atoms with E-state index in [-0.39, 0.29) is 5.92 Å². The summed E-state index contributed by atoms with van der Waals surface area (Å²) in [5.41, 5.74) is 8.87. The molecule has 1 nitrogen and oxygen atoms in total. The highest BCUT2D eigenvalue weighted by Crippen LogP contribution is 2.41. The maximum atomic E-state index is 14.0. The van der Waals surface area contributed by atoms with Crippen LogP contribution in [0.4, 0.5) is 0 Å². The van der Waals surface area contributed by atoms with Gasteiger partial charge in [-0.25, -0.2) is 0 Å². The number of Topliss-reactive ketones (excluding diaryl/α,β-unsaturated/α-hetero) is 1. The summed E-state index contributed by atoms with van der Waals surface area (Å²) in [6.07, 6.45) is 26.4. The molecule has 3 aliphatic rings.